The summed E-state index contributed by atoms with van der Waals surface area (Å²) in [6.07, 6.45) is 0.723. The lowest BCUT2D eigenvalue weighted by Gasteiger charge is -2.06. The van der Waals surface area contributed by atoms with E-state index in [1.165, 1.54) is 12.1 Å². The number of amides is 1. The summed E-state index contributed by atoms with van der Waals surface area (Å²) in [6, 6.07) is 3.69. The molecule has 0 radical (unpaired) electrons. The van der Waals surface area contributed by atoms with Gasteiger partial charge in [-0.15, -0.1) is 0 Å². The van der Waals surface area contributed by atoms with Gasteiger partial charge in [0.1, 0.15) is 5.82 Å². The van der Waals surface area contributed by atoms with E-state index in [2.05, 4.69) is 5.32 Å². The van der Waals surface area contributed by atoms with E-state index in [1.807, 2.05) is 0 Å². The Morgan fingerprint density at radius 2 is 2.31 bits per heavy atom. The summed E-state index contributed by atoms with van der Waals surface area (Å²) < 4.78 is 17.6. The highest BCUT2D eigenvalue weighted by Crippen LogP contribution is 2.16. The van der Waals surface area contributed by atoms with E-state index in [4.69, 9.17) is 16.3 Å². The second-order valence-corrected chi connectivity index (χ2v) is 3.63. The molecule has 1 rings (SSSR count). The maximum absolute atomic E-state index is 12.7. The fourth-order valence-corrected chi connectivity index (χ4v) is 1.44. The zero-order valence-electron chi connectivity index (χ0n) is 8.93. The van der Waals surface area contributed by atoms with E-state index in [1.54, 1.807) is 7.11 Å². The van der Waals surface area contributed by atoms with Crippen LogP contribution in [0.25, 0.3) is 0 Å². The van der Waals surface area contributed by atoms with Crippen LogP contribution in [-0.4, -0.2) is 26.2 Å². The summed E-state index contributed by atoms with van der Waals surface area (Å²) in [6.45, 7) is 1.08. The minimum absolute atomic E-state index is 0.115. The number of hydrogen-bond donors (Lipinski definition) is 1. The summed E-state index contributed by atoms with van der Waals surface area (Å²) in [5.74, 6) is -0.762. The van der Waals surface area contributed by atoms with E-state index >= 15 is 0 Å². The molecule has 0 atom stereocenters. The molecule has 3 nitrogen and oxygen atoms in total. The molecule has 0 aliphatic carbocycles. The van der Waals surface area contributed by atoms with Crippen molar-refractivity contribution in [1.29, 1.82) is 0 Å². The Hall–Kier alpha value is -1.13. The molecule has 1 amide bonds. The lowest BCUT2D eigenvalue weighted by molar-refractivity contribution is 0.0948. The molecule has 0 heterocycles. The van der Waals surface area contributed by atoms with Gasteiger partial charge in [0.25, 0.3) is 5.91 Å². The quantitative estimate of drug-likeness (QED) is 0.808. The Kier molecular flexibility index (Phi) is 5.22. The zero-order valence-corrected chi connectivity index (χ0v) is 9.68. The van der Waals surface area contributed by atoms with Gasteiger partial charge >= 0.3 is 0 Å². The van der Waals surface area contributed by atoms with Crippen LogP contribution >= 0.6 is 11.6 Å². The van der Waals surface area contributed by atoms with Crippen LogP contribution in [0.4, 0.5) is 4.39 Å². The smallest absolute Gasteiger partial charge is 0.252 e. The van der Waals surface area contributed by atoms with Gasteiger partial charge in [0, 0.05) is 20.3 Å². The van der Waals surface area contributed by atoms with Gasteiger partial charge in [0.15, 0.2) is 0 Å². The lowest BCUT2D eigenvalue weighted by Crippen LogP contribution is -2.25. The Bertz CT molecular complexity index is 371. The minimum atomic E-state index is -0.457. The molecule has 0 saturated heterocycles. The number of nitrogens with one attached hydrogen (secondary N) is 1. The van der Waals surface area contributed by atoms with Gasteiger partial charge in [-0.05, 0) is 24.6 Å². The van der Waals surface area contributed by atoms with Crippen LogP contribution in [0.5, 0.6) is 0 Å². The summed E-state index contributed by atoms with van der Waals surface area (Å²) in [5.41, 5.74) is 0.278. The van der Waals surface area contributed by atoms with Gasteiger partial charge in [-0.25, -0.2) is 4.39 Å². The molecule has 0 unspecified atom stereocenters. The molecule has 0 bridgehead atoms. The van der Waals surface area contributed by atoms with E-state index in [0.717, 1.165) is 12.5 Å². The summed E-state index contributed by atoms with van der Waals surface area (Å²) in [5, 5.41) is 2.78. The first kappa shape index (κ1) is 12.9. The molecule has 1 aromatic rings. The molecular weight excluding hydrogens is 233 g/mol. The van der Waals surface area contributed by atoms with E-state index in [0.29, 0.717) is 13.2 Å². The fraction of sp³-hybridized carbons (Fsp3) is 0.364. The number of halogens is 2. The molecule has 1 aromatic carbocycles. The van der Waals surface area contributed by atoms with Crippen LogP contribution < -0.4 is 5.32 Å². The topological polar surface area (TPSA) is 38.3 Å². The summed E-state index contributed by atoms with van der Waals surface area (Å²) in [7, 11) is 1.60. The third-order valence-electron chi connectivity index (χ3n) is 1.99. The number of rotatable bonds is 5. The van der Waals surface area contributed by atoms with Gasteiger partial charge in [0.2, 0.25) is 0 Å². The van der Waals surface area contributed by atoms with Crippen LogP contribution in [0.2, 0.25) is 5.02 Å². The molecule has 0 aliphatic heterocycles. The summed E-state index contributed by atoms with van der Waals surface area (Å²) >= 11 is 5.74. The van der Waals surface area contributed by atoms with Crippen molar-refractivity contribution >= 4 is 17.5 Å². The average molecular weight is 246 g/mol. The number of carbonyl (C=O) groups excluding carboxylic acids is 1. The normalized spacial score (nSPS) is 10.2. The van der Waals surface area contributed by atoms with Crippen molar-refractivity contribution in [3.8, 4) is 0 Å². The molecular formula is C11H13ClFNO2. The third-order valence-corrected chi connectivity index (χ3v) is 2.30. The van der Waals surface area contributed by atoms with Gasteiger partial charge in [-0.1, -0.05) is 11.6 Å². The first-order valence-corrected chi connectivity index (χ1v) is 5.25. The number of methoxy groups -OCH3 is 1. The molecule has 5 heteroatoms. The lowest BCUT2D eigenvalue weighted by atomic mass is 10.2. The largest absolute Gasteiger partial charge is 0.385 e. The maximum atomic E-state index is 12.7. The molecule has 0 aliphatic rings. The van der Waals surface area contributed by atoms with Crippen molar-refractivity contribution in [2.24, 2.45) is 0 Å². The highest BCUT2D eigenvalue weighted by Gasteiger charge is 2.09. The Balaban J connectivity index is 2.53. The summed E-state index contributed by atoms with van der Waals surface area (Å²) in [4.78, 5) is 11.6. The van der Waals surface area contributed by atoms with Crippen molar-refractivity contribution in [1.82, 2.24) is 5.32 Å². The van der Waals surface area contributed by atoms with Crippen LogP contribution in [0.3, 0.4) is 0 Å². The average Bonchev–Trinajstić information content (AvgIpc) is 2.24. The van der Waals surface area contributed by atoms with E-state index in [-0.39, 0.29) is 16.5 Å². The number of ether oxygens (including phenoxy) is 1. The second-order valence-electron chi connectivity index (χ2n) is 3.23. The molecule has 1 N–H and O–H groups in total. The Morgan fingerprint density at radius 3 is 2.94 bits per heavy atom. The monoisotopic (exact) mass is 245 g/mol. The second kappa shape index (κ2) is 6.45. The van der Waals surface area contributed by atoms with Gasteiger partial charge in [-0.3, -0.25) is 4.79 Å². The Labute approximate surface area is 98.5 Å². The van der Waals surface area contributed by atoms with E-state index in [9.17, 15) is 9.18 Å². The van der Waals surface area contributed by atoms with Crippen molar-refractivity contribution in [3.63, 3.8) is 0 Å². The van der Waals surface area contributed by atoms with Crippen LogP contribution in [0, 0.1) is 5.82 Å². The van der Waals surface area contributed by atoms with Crippen LogP contribution in [0.1, 0.15) is 16.8 Å². The highest BCUT2D eigenvalue weighted by molar-refractivity contribution is 6.33. The minimum Gasteiger partial charge on any atom is -0.385 e. The molecule has 0 saturated carbocycles. The molecule has 16 heavy (non-hydrogen) atoms. The molecule has 0 spiro atoms. The highest BCUT2D eigenvalue weighted by atomic mass is 35.5. The van der Waals surface area contributed by atoms with Gasteiger partial charge < -0.3 is 10.1 Å². The van der Waals surface area contributed by atoms with E-state index < -0.39 is 5.82 Å². The fourth-order valence-electron chi connectivity index (χ4n) is 1.19. The van der Waals surface area contributed by atoms with Crippen molar-refractivity contribution in [2.45, 2.75) is 6.42 Å². The van der Waals surface area contributed by atoms with Gasteiger partial charge in [0.05, 0.1) is 10.6 Å². The van der Waals surface area contributed by atoms with Crippen LogP contribution in [0.15, 0.2) is 18.2 Å². The number of hydrogen-bond acceptors (Lipinski definition) is 2. The zero-order chi connectivity index (χ0) is 12.0. The standard InChI is InChI=1S/C11H13ClFNO2/c1-16-6-2-5-14-11(15)9-4-3-8(13)7-10(9)12/h3-4,7H,2,5-6H2,1H3,(H,14,15). The SMILES string of the molecule is COCCCNC(=O)c1ccc(F)cc1Cl. The first-order chi connectivity index (χ1) is 7.65. The third kappa shape index (κ3) is 3.79. The predicted octanol–water partition coefficient (Wildman–Crippen LogP) is 2.25. The Morgan fingerprint density at radius 1 is 1.56 bits per heavy atom. The maximum Gasteiger partial charge on any atom is 0.252 e. The molecule has 0 aromatic heterocycles. The number of carbonyl (C=O) groups is 1. The predicted molar refractivity (Wildman–Crippen MR) is 60.2 cm³/mol. The van der Waals surface area contributed by atoms with Crippen molar-refractivity contribution in [3.05, 3.63) is 34.6 Å². The number of benzene rings is 1. The molecule has 0 fully saturated rings. The van der Waals surface area contributed by atoms with Crippen molar-refractivity contribution in [2.75, 3.05) is 20.3 Å². The van der Waals surface area contributed by atoms with Crippen LogP contribution in [-0.2, 0) is 4.74 Å². The van der Waals surface area contributed by atoms with Crippen molar-refractivity contribution < 1.29 is 13.9 Å². The molecule has 88 valence electrons. The van der Waals surface area contributed by atoms with Gasteiger partial charge in [-0.2, -0.15) is 0 Å². The first-order valence-electron chi connectivity index (χ1n) is 4.87.